The number of H-pyrrole nitrogens is 1. The number of furan rings is 1. The van der Waals surface area contributed by atoms with Crippen LogP contribution in [0.4, 0.5) is 0 Å². The van der Waals surface area contributed by atoms with E-state index < -0.39 is 0 Å². The van der Waals surface area contributed by atoms with E-state index in [0.29, 0.717) is 0 Å². The Kier molecular flexibility index (Phi) is 4.05. The van der Waals surface area contributed by atoms with Crippen molar-refractivity contribution in [3.05, 3.63) is 76.5 Å². The van der Waals surface area contributed by atoms with Crippen molar-refractivity contribution >= 4 is 12.2 Å². The molecule has 4 nitrogen and oxygen atoms in total. The lowest BCUT2D eigenvalue weighted by Gasteiger charge is -2.25. The van der Waals surface area contributed by atoms with Crippen LogP contribution in [-0.4, -0.2) is 21.6 Å². The highest BCUT2D eigenvalue weighted by molar-refractivity contribution is 5.69. The van der Waals surface area contributed by atoms with E-state index in [1.807, 2.05) is 31.2 Å². The molecule has 1 N–H and O–H groups in total. The van der Waals surface area contributed by atoms with Crippen LogP contribution >= 0.6 is 0 Å². The lowest BCUT2D eigenvalue weighted by atomic mass is 10.0. The standard InChI is InChI=1S/C20H21N3O/c1-15-7-9-17(24-15)13-23-12-11-20-18(14-23)19(21-22-20)10-8-16-5-3-2-4-6-16/h2-10H,11-14H2,1H3,(H,21,22). The fourth-order valence-electron chi connectivity index (χ4n) is 3.18. The van der Waals surface area contributed by atoms with Crippen LogP contribution in [0.5, 0.6) is 0 Å². The van der Waals surface area contributed by atoms with Gasteiger partial charge in [0.05, 0.1) is 12.2 Å². The predicted octanol–water partition coefficient (Wildman–Crippen LogP) is 4.04. The Morgan fingerprint density at radius 3 is 2.83 bits per heavy atom. The van der Waals surface area contributed by atoms with Crippen molar-refractivity contribution in [2.45, 2.75) is 26.4 Å². The molecule has 24 heavy (non-hydrogen) atoms. The second-order valence-electron chi connectivity index (χ2n) is 6.28. The first-order valence-corrected chi connectivity index (χ1v) is 8.35. The van der Waals surface area contributed by atoms with Crippen molar-refractivity contribution < 1.29 is 4.42 Å². The normalized spacial score (nSPS) is 15.0. The molecule has 0 bridgehead atoms. The van der Waals surface area contributed by atoms with Crippen LogP contribution in [-0.2, 0) is 19.5 Å². The number of rotatable bonds is 4. The molecule has 122 valence electrons. The Labute approximate surface area is 141 Å². The van der Waals surface area contributed by atoms with Crippen LogP contribution in [0, 0.1) is 6.92 Å². The largest absolute Gasteiger partial charge is 0.465 e. The van der Waals surface area contributed by atoms with Crippen molar-refractivity contribution in [3.8, 4) is 0 Å². The van der Waals surface area contributed by atoms with Gasteiger partial charge in [-0.25, -0.2) is 0 Å². The molecule has 3 heterocycles. The van der Waals surface area contributed by atoms with Gasteiger partial charge >= 0.3 is 0 Å². The molecule has 0 atom stereocenters. The fraction of sp³-hybridized carbons (Fsp3) is 0.250. The van der Waals surface area contributed by atoms with Crippen LogP contribution in [0.1, 0.15) is 34.0 Å². The highest BCUT2D eigenvalue weighted by Gasteiger charge is 2.21. The van der Waals surface area contributed by atoms with Gasteiger partial charge < -0.3 is 4.42 Å². The molecule has 0 unspecified atom stereocenters. The Balaban J connectivity index is 1.50. The van der Waals surface area contributed by atoms with Crippen LogP contribution in [0.15, 0.2) is 46.9 Å². The number of fused-ring (bicyclic) bond motifs is 1. The van der Waals surface area contributed by atoms with Crippen LogP contribution in [0.3, 0.4) is 0 Å². The van der Waals surface area contributed by atoms with E-state index in [1.54, 1.807) is 0 Å². The number of hydrogen-bond acceptors (Lipinski definition) is 3. The topological polar surface area (TPSA) is 45.1 Å². The molecule has 1 aromatic carbocycles. The first kappa shape index (κ1) is 15.0. The molecule has 0 saturated heterocycles. The minimum absolute atomic E-state index is 0.848. The summed E-state index contributed by atoms with van der Waals surface area (Å²) >= 11 is 0. The minimum atomic E-state index is 0.848. The SMILES string of the molecule is Cc1ccc(CN2CCc3[nH]nc(C=Cc4ccccc4)c3C2)o1. The van der Waals surface area contributed by atoms with E-state index in [9.17, 15) is 0 Å². The second kappa shape index (κ2) is 6.49. The van der Waals surface area contributed by atoms with E-state index in [-0.39, 0.29) is 0 Å². The summed E-state index contributed by atoms with van der Waals surface area (Å²) in [6.07, 6.45) is 5.22. The third-order valence-electron chi connectivity index (χ3n) is 4.45. The predicted molar refractivity (Wildman–Crippen MR) is 95.2 cm³/mol. The van der Waals surface area contributed by atoms with Gasteiger partial charge in [0.15, 0.2) is 0 Å². The lowest BCUT2D eigenvalue weighted by molar-refractivity contribution is 0.223. The average molecular weight is 319 g/mol. The highest BCUT2D eigenvalue weighted by atomic mass is 16.3. The Morgan fingerprint density at radius 1 is 1.17 bits per heavy atom. The van der Waals surface area contributed by atoms with Gasteiger partial charge in [0.2, 0.25) is 0 Å². The third kappa shape index (κ3) is 3.19. The van der Waals surface area contributed by atoms with Gasteiger partial charge in [0, 0.05) is 30.8 Å². The van der Waals surface area contributed by atoms with Crippen LogP contribution in [0.25, 0.3) is 12.2 Å². The van der Waals surface area contributed by atoms with Crippen molar-refractivity contribution in [3.63, 3.8) is 0 Å². The summed E-state index contributed by atoms with van der Waals surface area (Å²) < 4.78 is 5.71. The van der Waals surface area contributed by atoms with E-state index in [1.165, 1.54) is 16.8 Å². The Morgan fingerprint density at radius 2 is 2.04 bits per heavy atom. The number of benzene rings is 1. The maximum Gasteiger partial charge on any atom is 0.118 e. The molecule has 3 aromatic rings. The summed E-state index contributed by atoms with van der Waals surface area (Å²) in [5.41, 5.74) is 4.79. The van der Waals surface area contributed by atoms with Gasteiger partial charge in [-0.1, -0.05) is 36.4 Å². The first-order chi connectivity index (χ1) is 11.8. The monoisotopic (exact) mass is 319 g/mol. The zero-order valence-electron chi connectivity index (χ0n) is 13.8. The zero-order chi connectivity index (χ0) is 16.4. The molecule has 0 spiro atoms. The molecule has 1 aliphatic heterocycles. The van der Waals surface area contributed by atoms with Gasteiger partial charge in [0.25, 0.3) is 0 Å². The zero-order valence-corrected chi connectivity index (χ0v) is 13.8. The molecule has 2 aromatic heterocycles. The van der Waals surface area contributed by atoms with Gasteiger partial charge in [0.1, 0.15) is 11.5 Å². The number of nitrogens with one attached hydrogen (secondary N) is 1. The molecule has 0 saturated carbocycles. The third-order valence-corrected chi connectivity index (χ3v) is 4.45. The van der Waals surface area contributed by atoms with Crippen molar-refractivity contribution in [1.29, 1.82) is 0 Å². The molecule has 0 aliphatic carbocycles. The average Bonchev–Trinajstić information content (AvgIpc) is 3.20. The van der Waals surface area contributed by atoms with Crippen molar-refractivity contribution in [2.24, 2.45) is 0 Å². The Hall–Kier alpha value is -2.59. The molecular formula is C20H21N3O. The van der Waals surface area contributed by atoms with E-state index >= 15 is 0 Å². The molecular weight excluding hydrogens is 298 g/mol. The first-order valence-electron chi connectivity index (χ1n) is 8.35. The lowest BCUT2D eigenvalue weighted by Crippen LogP contribution is -2.29. The number of aryl methyl sites for hydroxylation is 1. The summed E-state index contributed by atoms with van der Waals surface area (Å²) in [7, 11) is 0. The van der Waals surface area contributed by atoms with E-state index in [2.05, 4.69) is 45.4 Å². The van der Waals surface area contributed by atoms with Crippen molar-refractivity contribution in [2.75, 3.05) is 6.54 Å². The van der Waals surface area contributed by atoms with Gasteiger partial charge in [-0.2, -0.15) is 5.10 Å². The van der Waals surface area contributed by atoms with Crippen LogP contribution < -0.4 is 0 Å². The number of nitrogens with zero attached hydrogens (tertiary/aromatic N) is 2. The van der Waals surface area contributed by atoms with Crippen molar-refractivity contribution in [1.82, 2.24) is 15.1 Å². The molecule has 4 heteroatoms. The van der Waals surface area contributed by atoms with Gasteiger partial charge in [-0.05, 0) is 30.7 Å². The quantitative estimate of drug-likeness (QED) is 0.789. The Bertz CT molecular complexity index is 845. The maximum atomic E-state index is 5.71. The molecule has 0 fully saturated rings. The second-order valence-corrected chi connectivity index (χ2v) is 6.28. The smallest absolute Gasteiger partial charge is 0.118 e. The summed E-state index contributed by atoms with van der Waals surface area (Å²) in [5, 5.41) is 7.70. The van der Waals surface area contributed by atoms with E-state index in [4.69, 9.17) is 4.42 Å². The minimum Gasteiger partial charge on any atom is -0.465 e. The summed E-state index contributed by atoms with van der Waals surface area (Å²) in [6.45, 7) is 4.76. The summed E-state index contributed by atoms with van der Waals surface area (Å²) in [5.74, 6) is 2.00. The summed E-state index contributed by atoms with van der Waals surface area (Å²) in [6, 6.07) is 14.4. The van der Waals surface area contributed by atoms with Gasteiger partial charge in [-0.3, -0.25) is 10.00 Å². The molecule has 4 rings (SSSR count). The summed E-state index contributed by atoms with van der Waals surface area (Å²) in [4.78, 5) is 2.41. The highest BCUT2D eigenvalue weighted by Crippen LogP contribution is 2.23. The van der Waals surface area contributed by atoms with E-state index in [0.717, 1.165) is 43.3 Å². The molecule has 1 aliphatic rings. The molecule has 0 amide bonds. The number of hydrogen-bond donors (Lipinski definition) is 1. The maximum absolute atomic E-state index is 5.71. The van der Waals surface area contributed by atoms with Crippen LogP contribution in [0.2, 0.25) is 0 Å². The molecule has 0 radical (unpaired) electrons. The fourth-order valence-corrected chi connectivity index (χ4v) is 3.18. The number of aromatic nitrogens is 2. The van der Waals surface area contributed by atoms with Gasteiger partial charge in [-0.15, -0.1) is 0 Å². The number of aromatic amines is 1.